The summed E-state index contributed by atoms with van der Waals surface area (Å²) in [5.41, 5.74) is 1.50. The number of aromatic nitrogens is 4. The molecule has 6 nitrogen and oxygen atoms in total. The third-order valence-electron chi connectivity index (χ3n) is 2.34. The molecule has 0 aliphatic carbocycles. The van der Waals surface area contributed by atoms with Crippen molar-refractivity contribution in [2.75, 3.05) is 0 Å². The average molecular weight is 232 g/mol. The minimum absolute atomic E-state index is 0.0255. The molecule has 0 aromatic carbocycles. The van der Waals surface area contributed by atoms with Gasteiger partial charge in [0.2, 0.25) is 0 Å². The lowest BCUT2D eigenvalue weighted by Gasteiger charge is -2.08. The van der Waals surface area contributed by atoms with Gasteiger partial charge in [-0.15, -0.1) is 0 Å². The monoisotopic (exact) mass is 232 g/mol. The maximum Gasteiger partial charge on any atom is 0.356 e. The number of carboxylic acids is 1. The first kappa shape index (κ1) is 11.3. The van der Waals surface area contributed by atoms with E-state index in [1.807, 2.05) is 13.8 Å². The van der Waals surface area contributed by atoms with E-state index < -0.39 is 5.97 Å². The van der Waals surface area contributed by atoms with Crippen molar-refractivity contribution in [2.24, 2.45) is 0 Å². The topological polar surface area (TPSA) is 80.9 Å². The molecule has 0 aliphatic heterocycles. The molecule has 0 aliphatic rings. The van der Waals surface area contributed by atoms with Crippen molar-refractivity contribution in [3.05, 3.63) is 36.2 Å². The Kier molecular flexibility index (Phi) is 2.86. The second-order valence-electron chi connectivity index (χ2n) is 3.92. The van der Waals surface area contributed by atoms with E-state index >= 15 is 0 Å². The predicted octanol–water partition coefficient (Wildman–Crippen LogP) is 1.48. The highest BCUT2D eigenvalue weighted by Crippen LogP contribution is 2.19. The summed E-state index contributed by atoms with van der Waals surface area (Å²) in [4.78, 5) is 18.7. The number of carbonyl (C=O) groups is 1. The van der Waals surface area contributed by atoms with E-state index in [4.69, 9.17) is 5.11 Å². The van der Waals surface area contributed by atoms with Crippen molar-refractivity contribution in [3.8, 4) is 5.69 Å². The summed E-state index contributed by atoms with van der Waals surface area (Å²) in [6, 6.07) is 1.57. The van der Waals surface area contributed by atoms with Crippen LogP contribution < -0.4 is 0 Å². The lowest BCUT2D eigenvalue weighted by atomic mass is 10.1. The lowest BCUT2D eigenvalue weighted by molar-refractivity contribution is 0.0690. The highest BCUT2D eigenvalue weighted by molar-refractivity contribution is 5.85. The molecule has 0 fully saturated rings. The number of nitrogens with zero attached hydrogens (tertiary/aromatic N) is 4. The molecule has 0 bridgehead atoms. The van der Waals surface area contributed by atoms with E-state index in [2.05, 4.69) is 15.1 Å². The molecule has 2 heterocycles. The minimum atomic E-state index is -1.04. The van der Waals surface area contributed by atoms with Crippen molar-refractivity contribution in [1.82, 2.24) is 19.7 Å². The van der Waals surface area contributed by atoms with Gasteiger partial charge in [-0.05, 0) is 12.0 Å². The van der Waals surface area contributed by atoms with Gasteiger partial charge in [-0.1, -0.05) is 13.8 Å². The largest absolute Gasteiger partial charge is 0.476 e. The van der Waals surface area contributed by atoms with Crippen molar-refractivity contribution < 1.29 is 9.90 Å². The molecule has 0 amide bonds. The maximum absolute atomic E-state index is 10.9. The Morgan fingerprint density at radius 1 is 1.35 bits per heavy atom. The Morgan fingerprint density at radius 2 is 2.00 bits per heavy atom. The molecule has 0 saturated carbocycles. The van der Waals surface area contributed by atoms with E-state index in [9.17, 15) is 4.79 Å². The summed E-state index contributed by atoms with van der Waals surface area (Å²) in [6.07, 6.45) is 4.61. The fourth-order valence-electron chi connectivity index (χ4n) is 1.52. The number of rotatable bonds is 3. The third-order valence-corrected chi connectivity index (χ3v) is 2.34. The second-order valence-corrected chi connectivity index (χ2v) is 3.92. The first-order chi connectivity index (χ1) is 8.09. The average Bonchev–Trinajstić information content (AvgIpc) is 2.75. The SMILES string of the molecule is CC(C)c1cc(C(=O)O)nn1-c1cncnc1. The number of carboxylic acid groups (broad SMARTS) is 1. The zero-order chi connectivity index (χ0) is 12.4. The smallest absolute Gasteiger partial charge is 0.356 e. The lowest BCUT2D eigenvalue weighted by Crippen LogP contribution is -2.05. The molecule has 1 N–H and O–H groups in total. The van der Waals surface area contributed by atoms with Crippen molar-refractivity contribution in [3.63, 3.8) is 0 Å². The molecule has 2 aromatic heterocycles. The van der Waals surface area contributed by atoms with Crippen molar-refractivity contribution >= 4 is 5.97 Å². The van der Waals surface area contributed by atoms with Gasteiger partial charge in [0.15, 0.2) is 5.69 Å². The van der Waals surface area contributed by atoms with Gasteiger partial charge in [-0.25, -0.2) is 19.4 Å². The van der Waals surface area contributed by atoms with E-state index in [0.29, 0.717) is 5.69 Å². The quantitative estimate of drug-likeness (QED) is 0.866. The van der Waals surface area contributed by atoms with Gasteiger partial charge in [0, 0.05) is 5.69 Å². The van der Waals surface area contributed by atoms with Gasteiger partial charge >= 0.3 is 5.97 Å². The molecule has 2 rings (SSSR count). The van der Waals surface area contributed by atoms with Crippen LogP contribution in [0.5, 0.6) is 0 Å². The summed E-state index contributed by atoms with van der Waals surface area (Å²) in [6.45, 7) is 3.95. The van der Waals surface area contributed by atoms with Crippen LogP contribution >= 0.6 is 0 Å². The van der Waals surface area contributed by atoms with Crippen LogP contribution in [0.2, 0.25) is 0 Å². The van der Waals surface area contributed by atoms with E-state index in [1.54, 1.807) is 23.1 Å². The van der Waals surface area contributed by atoms with Crippen LogP contribution in [0.15, 0.2) is 24.8 Å². The first-order valence-electron chi connectivity index (χ1n) is 5.18. The fourth-order valence-corrected chi connectivity index (χ4v) is 1.52. The molecule has 2 aromatic rings. The van der Waals surface area contributed by atoms with Gasteiger partial charge in [-0.2, -0.15) is 5.10 Å². The van der Waals surface area contributed by atoms with E-state index in [-0.39, 0.29) is 11.6 Å². The Labute approximate surface area is 98.0 Å². The summed E-state index contributed by atoms with van der Waals surface area (Å²) in [5.74, 6) is -0.877. The molecule has 0 atom stereocenters. The van der Waals surface area contributed by atoms with Crippen molar-refractivity contribution in [1.29, 1.82) is 0 Å². The van der Waals surface area contributed by atoms with Gasteiger partial charge in [0.25, 0.3) is 0 Å². The number of hydrogen-bond acceptors (Lipinski definition) is 4. The molecule has 0 unspecified atom stereocenters. The summed E-state index contributed by atoms with van der Waals surface area (Å²) < 4.78 is 1.56. The van der Waals surface area contributed by atoms with Crippen LogP contribution in [0, 0.1) is 0 Å². The van der Waals surface area contributed by atoms with Crippen LogP contribution in [0.25, 0.3) is 5.69 Å². The number of hydrogen-bond donors (Lipinski definition) is 1. The normalized spacial score (nSPS) is 10.8. The van der Waals surface area contributed by atoms with Crippen LogP contribution in [-0.4, -0.2) is 30.8 Å². The third kappa shape index (κ3) is 2.15. The predicted molar refractivity (Wildman–Crippen MR) is 60.2 cm³/mol. The van der Waals surface area contributed by atoms with Gasteiger partial charge in [0.05, 0.1) is 12.4 Å². The van der Waals surface area contributed by atoms with Gasteiger partial charge in [0.1, 0.15) is 12.0 Å². The van der Waals surface area contributed by atoms with Crippen LogP contribution in [-0.2, 0) is 0 Å². The van der Waals surface area contributed by atoms with Crippen LogP contribution in [0.1, 0.15) is 35.9 Å². The number of aromatic carboxylic acids is 1. The Morgan fingerprint density at radius 3 is 2.53 bits per heavy atom. The van der Waals surface area contributed by atoms with Gasteiger partial charge < -0.3 is 5.11 Å². The molecule has 17 heavy (non-hydrogen) atoms. The Balaban J connectivity index is 2.56. The van der Waals surface area contributed by atoms with Crippen molar-refractivity contribution in [2.45, 2.75) is 19.8 Å². The minimum Gasteiger partial charge on any atom is -0.476 e. The molecular weight excluding hydrogens is 220 g/mol. The molecule has 88 valence electrons. The highest BCUT2D eigenvalue weighted by atomic mass is 16.4. The summed E-state index contributed by atoms with van der Waals surface area (Å²) >= 11 is 0. The zero-order valence-corrected chi connectivity index (χ0v) is 9.53. The van der Waals surface area contributed by atoms with Gasteiger partial charge in [-0.3, -0.25) is 0 Å². The Hall–Kier alpha value is -2.24. The molecule has 0 radical (unpaired) electrons. The summed E-state index contributed by atoms with van der Waals surface area (Å²) in [7, 11) is 0. The standard InChI is InChI=1S/C11H12N4O2/c1-7(2)10-3-9(11(16)17)14-15(10)8-4-12-6-13-5-8/h3-7H,1-2H3,(H,16,17). The molecule has 0 spiro atoms. The van der Waals surface area contributed by atoms with E-state index in [0.717, 1.165) is 5.69 Å². The maximum atomic E-state index is 10.9. The summed E-state index contributed by atoms with van der Waals surface area (Å²) in [5, 5.41) is 13.0. The zero-order valence-electron chi connectivity index (χ0n) is 9.53. The Bertz CT molecular complexity index is 534. The molecule has 6 heteroatoms. The highest BCUT2D eigenvalue weighted by Gasteiger charge is 2.16. The van der Waals surface area contributed by atoms with Crippen LogP contribution in [0.4, 0.5) is 0 Å². The molecule has 0 saturated heterocycles. The molecular formula is C11H12N4O2. The van der Waals surface area contributed by atoms with E-state index in [1.165, 1.54) is 6.33 Å². The van der Waals surface area contributed by atoms with Crippen LogP contribution in [0.3, 0.4) is 0 Å². The fraction of sp³-hybridized carbons (Fsp3) is 0.273. The first-order valence-corrected chi connectivity index (χ1v) is 5.18. The second kappa shape index (κ2) is 4.32.